The highest BCUT2D eigenvalue weighted by Gasteiger charge is 2.43. The Bertz CT molecular complexity index is 905. The van der Waals surface area contributed by atoms with Crippen molar-refractivity contribution in [2.75, 3.05) is 17.7 Å². The van der Waals surface area contributed by atoms with Crippen LogP contribution in [0.15, 0.2) is 47.1 Å². The third-order valence-electron chi connectivity index (χ3n) is 4.07. The first-order valence-corrected chi connectivity index (χ1v) is 9.45. The third kappa shape index (κ3) is 4.35. The first-order chi connectivity index (χ1) is 13.5. The zero-order valence-electron chi connectivity index (χ0n) is 15.0. The van der Waals surface area contributed by atoms with E-state index in [0.29, 0.717) is 22.8 Å². The Kier molecular flexibility index (Phi) is 6.01. The summed E-state index contributed by atoms with van der Waals surface area (Å²) in [4.78, 5) is 37.9. The molecule has 9 heteroatoms. The summed E-state index contributed by atoms with van der Waals surface area (Å²) in [6.07, 6.45) is 1.51. The second kappa shape index (κ2) is 8.63. The molecule has 0 radical (unpaired) electrons. The van der Waals surface area contributed by atoms with Crippen molar-refractivity contribution >= 4 is 35.2 Å². The Morgan fingerprint density at radius 3 is 2.68 bits per heavy atom. The van der Waals surface area contributed by atoms with Crippen molar-refractivity contribution in [1.29, 1.82) is 5.26 Å². The van der Waals surface area contributed by atoms with Gasteiger partial charge in [-0.2, -0.15) is 5.26 Å². The van der Waals surface area contributed by atoms with Gasteiger partial charge in [-0.25, -0.2) is 4.79 Å². The van der Waals surface area contributed by atoms with Gasteiger partial charge in [-0.05, 0) is 36.4 Å². The lowest BCUT2D eigenvalue weighted by molar-refractivity contribution is -0.155. The number of furan rings is 1. The molecule has 1 saturated heterocycles. The van der Waals surface area contributed by atoms with E-state index in [1.165, 1.54) is 29.8 Å². The van der Waals surface area contributed by atoms with Gasteiger partial charge in [0, 0.05) is 18.4 Å². The standard InChI is InChI=1S/C19H17N3O5S/c1-12(23)22-15(11-28-18(22)16-3-2-8-26-16)19(25)27-10-17(24)21-14-6-4-13(9-20)5-7-14/h2-8,15,18H,10-11H2,1H3,(H,21,24)/t15-,18+/m0/s1. The number of amides is 2. The molecule has 1 aliphatic rings. The molecule has 8 nitrogen and oxygen atoms in total. The predicted molar refractivity (Wildman–Crippen MR) is 101 cm³/mol. The second-order valence-electron chi connectivity index (χ2n) is 5.99. The summed E-state index contributed by atoms with van der Waals surface area (Å²) in [5.74, 6) is -0.516. The normalized spacial score (nSPS) is 18.4. The molecule has 144 valence electrons. The van der Waals surface area contributed by atoms with Crippen LogP contribution >= 0.6 is 11.8 Å². The SMILES string of the molecule is CC(=O)N1[C@@H](c2ccco2)SC[C@H]1C(=O)OCC(=O)Nc1ccc(C#N)cc1. The van der Waals surface area contributed by atoms with Crippen LogP contribution in [0.2, 0.25) is 0 Å². The minimum absolute atomic E-state index is 0.282. The summed E-state index contributed by atoms with van der Waals surface area (Å²) in [6, 6.07) is 10.9. The molecule has 28 heavy (non-hydrogen) atoms. The number of nitrogens with zero attached hydrogens (tertiary/aromatic N) is 2. The number of carbonyl (C=O) groups excluding carboxylic acids is 3. The van der Waals surface area contributed by atoms with Crippen molar-refractivity contribution < 1.29 is 23.5 Å². The zero-order chi connectivity index (χ0) is 20.1. The molecule has 3 rings (SSSR count). The van der Waals surface area contributed by atoms with Gasteiger partial charge in [0.05, 0.1) is 17.9 Å². The van der Waals surface area contributed by atoms with Crippen molar-refractivity contribution in [3.8, 4) is 6.07 Å². The molecule has 0 saturated carbocycles. The van der Waals surface area contributed by atoms with E-state index < -0.39 is 29.9 Å². The van der Waals surface area contributed by atoms with Crippen LogP contribution in [0, 0.1) is 11.3 Å². The highest BCUT2D eigenvalue weighted by molar-refractivity contribution is 7.99. The number of hydrogen-bond donors (Lipinski definition) is 1. The maximum absolute atomic E-state index is 12.4. The van der Waals surface area contributed by atoms with Crippen LogP contribution in [0.3, 0.4) is 0 Å². The fourth-order valence-electron chi connectivity index (χ4n) is 2.78. The molecule has 2 aromatic rings. The second-order valence-corrected chi connectivity index (χ2v) is 7.10. The maximum Gasteiger partial charge on any atom is 0.330 e. The molecule has 2 heterocycles. The Morgan fingerprint density at radius 1 is 1.32 bits per heavy atom. The number of nitriles is 1. The van der Waals surface area contributed by atoms with Crippen LogP contribution < -0.4 is 5.32 Å². The summed E-state index contributed by atoms with van der Waals surface area (Å²) in [6.45, 7) is 0.900. The van der Waals surface area contributed by atoms with Crippen LogP contribution in [0.25, 0.3) is 0 Å². The highest BCUT2D eigenvalue weighted by atomic mass is 32.2. The van der Waals surface area contributed by atoms with Gasteiger partial charge in [0.2, 0.25) is 5.91 Å². The topological polar surface area (TPSA) is 113 Å². The zero-order valence-corrected chi connectivity index (χ0v) is 15.8. The molecule has 1 fully saturated rings. The number of rotatable bonds is 5. The number of hydrogen-bond acceptors (Lipinski definition) is 7. The lowest BCUT2D eigenvalue weighted by Crippen LogP contribution is -2.43. The number of carbonyl (C=O) groups is 3. The van der Waals surface area contributed by atoms with Crippen molar-refractivity contribution in [2.45, 2.75) is 18.3 Å². The van der Waals surface area contributed by atoms with E-state index in [4.69, 9.17) is 14.4 Å². The van der Waals surface area contributed by atoms with E-state index in [1.54, 1.807) is 36.4 Å². The minimum Gasteiger partial charge on any atom is -0.466 e. The smallest absolute Gasteiger partial charge is 0.330 e. The van der Waals surface area contributed by atoms with Crippen molar-refractivity contribution in [3.63, 3.8) is 0 Å². The Balaban J connectivity index is 1.57. The van der Waals surface area contributed by atoms with E-state index in [1.807, 2.05) is 6.07 Å². The number of benzene rings is 1. The van der Waals surface area contributed by atoms with Crippen molar-refractivity contribution in [3.05, 3.63) is 54.0 Å². The quantitative estimate of drug-likeness (QED) is 0.768. The highest BCUT2D eigenvalue weighted by Crippen LogP contribution is 2.41. The number of thioether (sulfide) groups is 1. The summed E-state index contributed by atoms with van der Waals surface area (Å²) in [7, 11) is 0. The first-order valence-electron chi connectivity index (χ1n) is 8.40. The van der Waals surface area contributed by atoms with Gasteiger partial charge in [-0.3, -0.25) is 9.59 Å². The molecule has 0 bridgehead atoms. The van der Waals surface area contributed by atoms with Gasteiger partial charge < -0.3 is 19.4 Å². The Labute approximate surface area is 165 Å². The largest absolute Gasteiger partial charge is 0.466 e. The van der Waals surface area contributed by atoms with Gasteiger partial charge in [0.15, 0.2) is 6.61 Å². The van der Waals surface area contributed by atoms with E-state index >= 15 is 0 Å². The van der Waals surface area contributed by atoms with Crippen LogP contribution in [-0.2, 0) is 19.1 Å². The third-order valence-corrected chi connectivity index (χ3v) is 5.35. The predicted octanol–water partition coefficient (Wildman–Crippen LogP) is 2.30. The van der Waals surface area contributed by atoms with Gasteiger partial charge in [-0.15, -0.1) is 11.8 Å². The number of nitrogens with one attached hydrogen (secondary N) is 1. The van der Waals surface area contributed by atoms with Gasteiger partial charge in [0.1, 0.15) is 17.2 Å². The fraction of sp³-hybridized carbons (Fsp3) is 0.263. The minimum atomic E-state index is -0.791. The van der Waals surface area contributed by atoms with E-state index in [-0.39, 0.29) is 5.91 Å². The summed E-state index contributed by atoms with van der Waals surface area (Å²) >= 11 is 1.40. The van der Waals surface area contributed by atoms with E-state index in [9.17, 15) is 14.4 Å². The molecule has 2 amide bonds. The van der Waals surface area contributed by atoms with E-state index in [0.717, 1.165) is 0 Å². The molecular weight excluding hydrogens is 382 g/mol. The lowest BCUT2D eigenvalue weighted by Gasteiger charge is -2.25. The van der Waals surface area contributed by atoms with Crippen LogP contribution in [0.1, 0.15) is 23.6 Å². The Hall–Kier alpha value is -3.25. The number of esters is 1. The fourth-order valence-corrected chi connectivity index (χ4v) is 4.20. The molecule has 0 aliphatic carbocycles. The number of ether oxygens (including phenoxy) is 1. The summed E-state index contributed by atoms with van der Waals surface area (Å²) < 4.78 is 10.5. The number of anilines is 1. The van der Waals surface area contributed by atoms with Crippen LogP contribution in [-0.4, -0.2) is 41.1 Å². The molecule has 2 atom stereocenters. The average Bonchev–Trinajstić information content (AvgIpc) is 3.36. The van der Waals surface area contributed by atoms with Crippen LogP contribution in [0.5, 0.6) is 0 Å². The van der Waals surface area contributed by atoms with Gasteiger partial charge in [0.25, 0.3) is 5.91 Å². The van der Waals surface area contributed by atoms with E-state index in [2.05, 4.69) is 5.32 Å². The van der Waals surface area contributed by atoms with Crippen LogP contribution in [0.4, 0.5) is 5.69 Å². The maximum atomic E-state index is 12.4. The van der Waals surface area contributed by atoms with Gasteiger partial charge in [-0.1, -0.05) is 0 Å². The van der Waals surface area contributed by atoms with Gasteiger partial charge >= 0.3 is 5.97 Å². The molecule has 0 spiro atoms. The monoisotopic (exact) mass is 399 g/mol. The summed E-state index contributed by atoms with van der Waals surface area (Å²) in [5.41, 5.74) is 0.957. The average molecular weight is 399 g/mol. The molecule has 0 unspecified atom stereocenters. The molecule has 1 aromatic carbocycles. The molecule has 1 aromatic heterocycles. The lowest BCUT2D eigenvalue weighted by atomic mass is 10.2. The van der Waals surface area contributed by atoms with Crippen molar-refractivity contribution in [2.24, 2.45) is 0 Å². The molecule has 1 aliphatic heterocycles. The first kappa shape index (κ1) is 19.5. The van der Waals surface area contributed by atoms with Crippen molar-refractivity contribution in [1.82, 2.24) is 4.90 Å². The molecular formula is C19H17N3O5S. The summed E-state index contributed by atoms with van der Waals surface area (Å²) in [5, 5.41) is 10.9. The Morgan fingerprint density at radius 2 is 2.07 bits per heavy atom. The molecule has 1 N–H and O–H groups in total.